The predicted molar refractivity (Wildman–Crippen MR) is 131 cm³/mol. The average molecular weight is 454 g/mol. The molecule has 0 aliphatic carbocycles. The Morgan fingerprint density at radius 3 is 2.50 bits per heavy atom. The molecular formula is C25H23N7O2. The van der Waals surface area contributed by atoms with Gasteiger partial charge in [-0.3, -0.25) is 4.79 Å². The Kier molecular flexibility index (Phi) is 5.97. The van der Waals surface area contributed by atoms with E-state index in [2.05, 4.69) is 20.6 Å². The molecule has 0 aliphatic heterocycles. The Morgan fingerprint density at radius 1 is 1.06 bits per heavy atom. The Labute approximate surface area is 196 Å². The molecule has 4 aromatic rings. The van der Waals surface area contributed by atoms with Crippen LogP contribution in [0.4, 0.5) is 22.0 Å². The lowest BCUT2D eigenvalue weighted by Gasteiger charge is -2.11. The fourth-order valence-electron chi connectivity index (χ4n) is 3.72. The van der Waals surface area contributed by atoms with E-state index in [0.29, 0.717) is 39.1 Å². The number of nitrogen functional groups attached to an aromatic ring is 1. The number of carbonyl (C=O) groups is 2. The number of hydrogen-bond donors (Lipinski definition) is 3. The monoisotopic (exact) mass is 453 g/mol. The van der Waals surface area contributed by atoms with Crippen molar-refractivity contribution in [1.29, 1.82) is 5.26 Å². The summed E-state index contributed by atoms with van der Waals surface area (Å²) in [4.78, 5) is 34.5. The maximum absolute atomic E-state index is 13.6. The smallest absolute Gasteiger partial charge is 0.323 e. The lowest BCUT2D eigenvalue weighted by atomic mass is 9.98. The summed E-state index contributed by atoms with van der Waals surface area (Å²) < 4.78 is 1.89. The molecule has 0 radical (unpaired) electrons. The first-order chi connectivity index (χ1) is 16.3. The molecule has 34 heavy (non-hydrogen) atoms. The van der Waals surface area contributed by atoms with Crippen molar-refractivity contribution < 1.29 is 9.59 Å². The Balaban J connectivity index is 1.64. The number of nitriles is 1. The number of fused-ring (bicyclic) bond motifs is 1. The molecule has 0 unspecified atom stereocenters. The van der Waals surface area contributed by atoms with E-state index in [-0.39, 0.29) is 17.6 Å². The van der Waals surface area contributed by atoms with Crippen LogP contribution in [0.15, 0.2) is 55.0 Å². The number of anilines is 3. The van der Waals surface area contributed by atoms with Gasteiger partial charge in [-0.2, -0.15) is 5.26 Å². The lowest BCUT2D eigenvalue weighted by Crippen LogP contribution is -2.19. The minimum atomic E-state index is -0.494. The minimum absolute atomic E-state index is 0.0654. The molecule has 9 heteroatoms. The van der Waals surface area contributed by atoms with Crippen molar-refractivity contribution in [3.8, 4) is 6.07 Å². The quantitative estimate of drug-likeness (QED) is 0.376. The van der Waals surface area contributed by atoms with E-state index >= 15 is 0 Å². The number of ketones is 1. The fourth-order valence-corrected chi connectivity index (χ4v) is 3.72. The highest BCUT2D eigenvalue weighted by molar-refractivity contribution is 6.19. The molecule has 2 heterocycles. The van der Waals surface area contributed by atoms with Crippen LogP contribution in [0.2, 0.25) is 0 Å². The van der Waals surface area contributed by atoms with Gasteiger partial charge in [-0.05, 0) is 56.7 Å². The third-order valence-electron chi connectivity index (χ3n) is 5.43. The second kappa shape index (κ2) is 9.03. The van der Waals surface area contributed by atoms with Crippen molar-refractivity contribution in [1.82, 2.24) is 14.5 Å². The van der Waals surface area contributed by atoms with Crippen LogP contribution in [-0.4, -0.2) is 26.3 Å². The van der Waals surface area contributed by atoms with Gasteiger partial charge in [0.05, 0.1) is 22.6 Å². The number of amides is 2. The van der Waals surface area contributed by atoms with Crippen molar-refractivity contribution >= 4 is 40.0 Å². The summed E-state index contributed by atoms with van der Waals surface area (Å²) in [5.74, 6) is -0.00663. The summed E-state index contributed by atoms with van der Waals surface area (Å²) in [6.45, 7) is 5.81. The lowest BCUT2D eigenvalue weighted by molar-refractivity contribution is 0.103. The fraction of sp³-hybridized carbons (Fsp3) is 0.160. The zero-order chi connectivity index (χ0) is 24.4. The average Bonchev–Trinajstić information content (AvgIpc) is 3.21. The van der Waals surface area contributed by atoms with Gasteiger partial charge in [0, 0.05) is 29.2 Å². The first-order valence-corrected chi connectivity index (χ1v) is 10.6. The molecule has 4 N–H and O–H groups in total. The van der Waals surface area contributed by atoms with E-state index in [4.69, 9.17) is 11.0 Å². The predicted octanol–water partition coefficient (Wildman–Crippen LogP) is 4.65. The second-order valence-electron chi connectivity index (χ2n) is 8.13. The van der Waals surface area contributed by atoms with Crippen LogP contribution in [0.25, 0.3) is 11.0 Å². The van der Waals surface area contributed by atoms with Gasteiger partial charge in [0.2, 0.25) is 0 Å². The number of rotatable bonds is 5. The van der Waals surface area contributed by atoms with Gasteiger partial charge in [0.15, 0.2) is 5.78 Å². The highest BCUT2D eigenvalue weighted by Gasteiger charge is 2.22. The van der Waals surface area contributed by atoms with E-state index in [1.807, 2.05) is 31.4 Å². The molecule has 4 rings (SSSR count). The molecule has 2 aromatic carbocycles. The molecule has 2 aromatic heterocycles. The third kappa shape index (κ3) is 4.29. The number of carbonyl (C=O) groups excluding carboxylic acids is 2. The maximum Gasteiger partial charge on any atom is 0.323 e. The highest BCUT2D eigenvalue weighted by Crippen LogP contribution is 2.30. The number of benzene rings is 2. The Morgan fingerprint density at radius 2 is 1.79 bits per heavy atom. The van der Waals surface area contributed by atoms with Crippen LogP contribution in [0.5, 0.6) is 0 Å². The highest BCUT2D eigenvalue weighted by atomic mass is 16.2. The van der Waals surface area contributed by atoms with Crippen molar-refractivity contribution in [2.75, 3.05) is 16.4 Å². The van der Waals surface area contributed by atoms with Crippen LogP contribution in [0.3, 0.4) is 0 Å². The zero-order valence-corrected chi connectivity index (χ0v) is 19.0. The van der Waals surface area contributed by atoms with E-state index < -0.39 is 6.03 Å². The minimum Gasteiger partial charge on any atom is -0.383 e. The molecule has 0 bridgehead atoms. The van der Waals surface area contributed by atoms with Crippen molar-refractivity contribution in [3.05, 3.63) is 77.2 Å². The summed E-state index contributed by atoms with van der Waals surface area (Å²) in [7, 11) is 0. The van der Waals surface area contributed by atoms with Crippen LogP contribution in [-0.2, 0) is 0 Å². The number of nitrogens with two attached hydrogens (primary N) is 1. The van der Waals surface area contributed by atoms with Crippen LogP contribution >= 0.6 is 0 Å². The molecule has 0 saturated heterocycles. The van der Waals surface area contributed by atoms with Crippen molar-refractivity contribution in [2.45, 2.75) is 26.8 Å². The van der Waals surface area contributed by atoms with Gasteiger partial charge < -0.3 is 20.9 Å². The Bertz CT molecular complexity index is 1460. The third-order valence-corrected chi connectivity index (χ3v) is 5.43. The molecule has 0 atom stereocenters. The number of nitrogens with one attached hydrogen (secondary N) is 2. The molecule has 0 saturated carbocycles. The van der Waals surface area contributed by atoms with E-state index in [0.717, 1.165) is 5.56 Å². The van der Waals surface area contributed by atoms with E-state index in [1.54, 1.807) is 48.7 Å². The Hall–Kier alpha value is -4.71. The first-order valence-electron chi connectivity index (χ1n) is 10.6. The van der Waals surface area contributed by atoms with Gasteiger partial charge in [-0.1, -0.05) is 12.1 Å². The number of aryl methyl sites for hydroxylation is 1. The molecular weight excluding hydrogens is 430 g/mol. The van der Waals surface area contributed by atoms with Crippen LogP contribution in [0, 0.1) is 18.3 Å². The maximum atomic E-state index is 13.6. The van der Waals surface area contributed by atoms with Gasteiger partial charge >= 0.3 is 6.03 Å². The van der Waals surface area contributed by atoms with Crippen molar-refractivity contribution in [3.63, 3.8) is 0 Å². The largest absolute Gasteiger partial charge is 0.383 e. The van der Waals surface area contributed by atoms with Gasteiger partial charge in [0.1, 0.15) is 17.8 Å². The zero-order valence-electron chi connectivity index (χ0n) is 19.0. The summed E-state index contributed by atoms with van der Waals surface area (Å²) in [6, 6.07) is 13.3. The van der Waals surface area contributed by atoms with Crippen LogP contribution < -0.4 is 16.4 Å². The van der Waals surface area contributed by atoms with E-state index in [1.165, 1.54) is 6.33 Å². The summed E-state index contributed by atoms with van der Waals surface area (Å²) in [5, 5.41) is 14.9. The molecule has 170 valence electrons. The number of aromatic nitrogens is 3. The normalized spacial score (nSPS) is 10.8. The second-order valence-corrected chi connectivity index (χ2v) is 8.13. The van der Waals surface area contributed by atoms with Crippen LogP contribution in [0.1, 0.15) is 46.9 Å². The van der Waals surface area contributed by atoms with E-state index in [9.17, 15) is 9.59 Å². The summed E-state index contributed by atoms with van der Waals surface area (Å²) in [5.41, 5.74) is 9.65. The van der Waals surface area contributed by atoms with Gasteiger partial charge in [-0.15, -0.1) is 0 Å². The molecule has 0 aliphatic rings. The number of hydrogen-bond acceptors (Lipinski definition) is 6. The summed E-state index contributed by atoms with van der Waals surface area (Å²) in [6.07, 6.45) is 3.13. The molecule has 9 nitrogen and oxygen atoms in total. The van der Waals surface area contributed by atoms with Gasteiger partial charge in [-0.25, -0.2) is 14.8 Å². The molecule has 0 fully saturated rings. The SMILES string of the molecule is Cc1ccc(NC(=O)Nc2cccc(C#N)c2)cc1C(=O)c1cn(C(C)C)c2ncnc(N)c12. The number of urea groups is 1. The summed E-state index contributed by atoms with van der Waals surface area (Å²) >= 11 is 0. The molecule has 0 spiro atoms. The van der Waals surface area contributed by atoms with Crippen molar-refractivity contribution in [2.24, 2.45) is 0 Å². The molecule has 2 amide bonds. The number of nitrogens with zero attached hydrogens (tertiary/aromatic N) is 4. The standard InChI is InChI=1S/C25H23N7O2/c1-14(2)32-12-20(21-23(27)28-13-29-24(21)32)22(33)19-10-18(8-7-15(19)3)31-25(34)30-17-6-4-5-16(9-17)11-26/h4-10,12-14H,1-3H3,(H2,27,28,29)(H2,30,31,34). The topological polar surface area (TPSA) is 139 Å². The first kappa shape index (κ1) is 22.5. The van der Waals surface area contributed by atoms with Gasteiger partial charge in [0.25, 0.3) is 0 Å².